The van der Waals surface area contributed by atoms with Crippen LogP contribution in [-0.4, -0.2) is 31.3 Å². The number of benzene rings is 1. The summed E-state index contributed by atoms with van der Waals surface area (Å²) in [5.74, 6) is 1.07. The zero-order chi connectivity index (χ0) is 17.3. The molecule has 2 N–H and O–H groups in total. The number of fused-ring (bicyclic) bond motifs is 1. The molecule has 0 amide bonds. The van der Waals surface area contributed by atoms with Gasteiger partial charge in [-0.25, -0.2) is 9.38 Å². The van der Waals surface area contributed by atoms with Crippen molar-refractivity contribution in [3.8, 4) is 0 Å². The van der Waals surface area contributed by atoms with Gasteiger partial charge in [-0.15, -0.1) is 0 Å². The molecule has 132 valence electrons. The van der Waals surface area contributed by atoms with Crippen molar-refractivity contribution in [3.63, 3.8) is 0 Å². The molecule has 1 aromatic rings. The van der Waals surface area contributed by atoms with Gasteiger partial charge in [-0.2, -0.15) is 0 Å². The normalized spacial score (nSPS) is 28.2. The summed E-state index contributed by atoms with van der Waals surface area (Å²) in [7, 11) is 0. The Bertz CT molecular complexity index is 635. The summed E-state index contributed by atoms with van der Waals surface area (Å²) in [5, 5.41) is 6.86. The molecule has 1 saturated heterocycles. The highest BCUT2D eigenvalue weighted by atomic mass is 79.9. The number of aliphatic imine (C=N–C) groups is 1. The molecular weight excluding hydrogens is 373 g/mol. The van der Waals surface area contributed by atoms with Crippen molar-refractivity contribution < 1.29 is 9.13 Å². The molecule has 1 aliphatic carbocycles. The Balaban J connectivity index is 1.69. The topological polar surface area (TPSA) is 45.7 Å². The van der Waals surface area contributed by atoms with Crippen LogP contribution < -0.4 is 10.6 Å². The summed E-state index contributed by atoms with van der Waals surface area (Å²) < 4.78 is 20.0. The van der Waals surface area contributed by atoms with Crippen molar-refractivity contribution >= 4 is 21.9 Å². The molecule has 6 heteroatoms. The van der Waals surface area contributed by atoms with Crippen LogP contribution in [0.1, 0.15) is 32.8 Å². The Morgan fingerprint density at radius 3 is 2.96 bits per heavy atom. The highest BCUT2D eigenvalue weighted by molar-refractivity contribution is 9.10. The number of nitrogens with one attached hydrogen (secondary N) is 2. The molecule has 0 bridgehead atoms. The van der Waals surface area contributed by atoms with Gasteiger partial charge in [0.25, 0.3) is 0 Å². The minimum Gasteiger partial charge on any atom is -0.377 e. The molecule has 1 aromatic carbocycles. The molecule has 2 aliphatic rings. The lowest BCUT2D eigenvalue weighted by atomic mass is 9.57. The Morgan fingerprint density at radius 2 is 2.25 bits per heavy atom. The van der Waals surface area contributed by atoms with Crippen molar-refractivity contribution in [2.75, 3.05) is 13.2 Å². The summed E-state index contributed by atoms with van der Waals surface area (Å²) in [6.07, 6.45) is 1.45. The van der Waals surface area contributed by atoms with Gasteiger partial charge in [0, 0.05) is 30.5 Å². The third-order valence-corrected chi connectivity index (χ3v) is 5.78. The van der Waals surface area contributed by atoms with Crippen LogP contribution in [0.3, 0.4) is 0 Å². The molecule has 0 aromatic heterocycles. The number of hydrogen-bond donors (Lipinski definition) is 2. The zero-order valence-corrected chi connectivity index (χ0v) is 16.0. The van der Waals surface area contributed by atoms with Gasteiger partial charge >= 0.3 is 0 Å². The van der Waals surface area contributed by atoms with Crippen molar-refractivity contribution in [1.82, 2.24) is 10.6 Å². The molecule has 0 spiro atoms. The maximum atomic E-state index is 13.6. The fraction of sp³-hybridized carbons (Fsp3) is 0.611. The molecule has 3 unspecified atom stereocenters. The average molecular weight is 398 g/mol. The van der Waals surface area contributed by atoms with E-state index in [2.05, 4.69) is 45.4 Å². The third-order valence-electron chi connectivity index (χ3n) is 5.14. The van der Waals surface area contributed by atoms with Gasteiger partial charge in [-0.1, -0.05) is 19.9 Å². The Kier molecular flexibility index (Phi) is 5.16. The maximum Gasteiger partial charge on any atom is 0.191 e. The second-order valence-electron chi connectivity index (χ2n) is 7.13. The second-order valence-corrected chi connectivity index (χ2v) is 7.99. The molecule has 1 saturated carbocycles. The van der Waals surface area contributed by atoms with Crippen molar-refractivity contribution in [3.05, 3.63) is 34.1 Å². The number of halogens is 2. The molecule has 4 nitrogen and oxygen atoms in total. The fourth-order valence-corrected chi connectivity index (χ4v) is 4.14. The van der Waals surface area contributed by atoms with E-state index < -0.39 is 0 Å². The van der Waals surface area contributed by atoms with Gasteiger partial charge in [0.1, 0.15) is 5.82 Å². The zero-order valence-electron chi connectivity index (χ0n) is 14.4. The first-order valence-corrected chi connectivity index (χ1v) is 9.33. The van der Waals surface area contributed by atoms with E-state index in [-0.39, 0.29) is 11.2 Å². The lowest BCUT2D eigenvalue weighted by Gasteiger charge is -2.54. The SMILES string of the molecule is CCNC(=NCc1ccc(Br)c(F)c1)NC1C2CCOC2C1(C)C. The lowest BCUT2D eigenvalue weighted by Crippen LogP contribution is -2.67. The first-order valence-electron chi connectivity index (χ1n) is 8.54. The Labute approximate surface area is 151 Å². The van der Waals surface area contributed by atoms with Crippen LogP contribution in [0.15, 0.2) is 27.7 Å². The molecule has 3 atom stereocenters. The lowest BCUT2D eigenvalue weighted by molar-refractivity contribution is -0.106. The van der Waals surface area contributed by atoms with Crippen LogP contribution in [0.4, 0.5) is 4.39 Å². The summed E-state index contributed by atoms with van der Waals surface area (Å²) in [6, 6.07) is 5.47. The second kappa shape index (κ2) is 7.00. The number of guanidine groups is 1. The largest absolute Gasteiger partial charge is 0.377 e. The van der Waals surface area contributed by atoms with E-state index in [9.17, 15) is 4.39 Å². The van der Waals surface area contributed by atoms with Gasteiger partial charge in [-0.05, 0) is 47.0 Å². The number of ether oxygens (including phenoxy) is 1. The number of rotatable bonds is 4. The first kappa shape index (κ1) is 17.7. The summed E-state index contributed by atoms with van der Waals surface area (Å²) in [6.45, 7) is 8.61. The van der Waals surface area contributed by atoms with Crippen molar-refractivity contribution in [2.24, 2.45) is 16.3 Å². The highest BCUT2D eigenvalue weighted by Crippen LogP contribution is 2.52. The Morgan fingerprint density at radius 1 is 1.46 bits per heavy atom. The quantitative estimate of drug-likeness (QED) is 0.603. The first-order chi connectivity index (χ1) is 11.4. The minimum atomic E-state index is -0.258. The highest BCUT2D eigenvalue weighted by Gasteiger charge is 2.59. The summed E-state index contributed by atoms with van der Waals surface area (Å²) in [4.78, 5) is 4.63. The Hall–Kier alpha value is -1.14. The summed E-state index contributed by atoms with van der Waals surface area (Å²) in [5.41, 5.74) is 0.948. The van der Waals surface area contributed by atoms with Gasteiger partial charge in [0.15, 0.2) is 5.96 Å². The van der Waals surface area contributed by atoms with Gasteiger partial charge in [0.2, 0.25) is 0 Å². The molecule has 3 rings (SSSR count). The van der Waals surface area contributed by atoms with Crippen LogP contribution in [0, 0.1) is 17.2 Å². The van der Waals surface area contributed by atoms with Crippen LogP contribution >= 0.6 is 15.9 Å². The van der Waals surface area contributed by atoms with Crippen LogP contribution in [-0.2, 0) is 11.3 Å². The summed E-state index contributed by atoms with van der Waals surface area (Å²) >= 11 is 3.18. The van der Waals surface area contributed by atoms with Gasteiger partial charge in [0.05, 0.1) is 17.1 Å². The standard InChI is InChI=1S/C18H25BrFN3O/c1-4-21-17(22-10-11-5-6-13(19)14(20)9-11)23-15-12-7-8-24-16(12)18(15,2)3/h5-6,9,12,15-16H,4,7-8,10H2,1-3H3,(H2,21,22,23). The minimum absolute atomic E-state index is 0.0983. The van der Waals surface area contributed by atoms with E-state index in [1.807, 2.05) is 13.0 Å². The van der Waals surface area contributed by atoms with E-state index in [1.54, 1.807) is 6.07 Å². The fourth-order valence-electron chi connectivity index (χ4n) is 3.89. The molecule has 1 aliphatic heterocycles. The van der Waals surface area contributed by atoms with E-state index in [0.717, 1.165) is 31.1 Å². The molecule has 0 radical (unpaired) electrons. The van der Waals surface area contributed by atoms with Crippen molar-refractivity contribution in [1.29, 1.82) is 0 Å². The molecule has 24 heavy (non-hydrogen) atoms. The number of hydrogen-bond acceptors (Lipinski definition) is 2. The van der Waals surface area contributed by atoms with Crippen LogP contribution in [0.25, 0.3) is 0 Å². The van der Waals surface area contributed by atoms with E-state index >= 15 is 0 Å². The van der Waals surface area contributed by atoms with Crippen LogP contribution in [0.2, 0.25) is 0 Å². The monoisotopic (exact) mass is 397 g/mol. The molecule has 1 heterocycles. The predicted molar refractivity (Wildman–Crippen MR) is 97.5 cm³/mol. The third kappa shape index (κ3) is 3.31. The van der Waals surface area contributed by atoms with Gasteiger partial charge < -0.3 is 15.4 Å². The van der Waals surface area contributed by atoms with E-state index in [4.69, 9.17) is 4.74 Å². The van der Waals surface area contributed by atoms with Crippen LogP contribution in [0.5, 0.6) is 0 Å². The van der Waals surface area contributed by atoms with Gasteiger partial charge in [-0.3, -0.25) is 0 Å². The van der Waals surface area contributed by atoms with E-state index in [1.165, 1.54) is 6.07 Å². The van der Waals surface area contributed by atoms with Crippen molar-refractivity contribution in [2.45, 2.75) is 45.9 Å². The number of nitrogens with zero attached hydrogens (tertiary/aromatic N) is 1. The smallest absolute Gasteiger partial charge is 0.191 e. The predicted octanol–water partition coefficient (Wildman–Crippen LogP) is 3.46. The maximum absolute atomic E-state index is 13.6. The van der Waals surface area contributed by atoms with E-state index in [0.29, 0.717) is 29.1 Å². The molecular formula is C18H25BrFN3O. The molecule has 2 fully saturated rings. The average Bonchev–Trinajstić information content (AvgIpc) is 3.00.